The van der Waals surface area contributed by atoms with Crippen LogP contribution in [0.15, 0.2) is 24.4 Å². The molecule has 1 aromatic carbocycles. The third kappa shape index (κ3) is 2.77. The van der Waals surface area contributed by atoms with Crippen LogP contribution >= 0.6 is 22.6 Å². The Morgan fingerprint density at radius 3 is 2.88 bits per heavy atom. The Balaban J connectivity index is 2.15. The summed E-state index contributed by atoms with van der Waals surface area (Å²) < 4.78 is 1.30. The van der Waals surface area contributed by atoms with E-state index in [1.54, 1.807) is 0 Å². The van der Waals surface area contributed by atoms with E-state index in [0.29, 0.717) is 0 Å². The minimum atomic E-state index is 1.15. The number of hydrogen-bond donors (Lipinski definition) is 1. The van der Waals surface area contributed by atoms with Gasteiger partial charge in [-0.1, -0.05) is 0 Å². The van der Waals surface area contributed by atoms with E-state index < -0.39 is 0 Å². The molecule has 3 heteroatoms. The van der Waals surface area contributed by atoms with Crippen molar-refractivity contribution in [2.75, 3.05) is 20.6 Å². The van der Waals surface area contributed by atoms with Crippen molar-refractivity contribution in [1.29, 1.82) is 0 Å². The Bertz CT molecular complexity index is 474. The number of aromatic nitrogens is 1. The molecular weight excluding hydrogens is 311 g/mol. The van der Waals surface area contributed by atoms with E-state index in [1.165, 1.54) is 26.5 Å². The molecule has 0 aliphatic carbocycles. The zero-order chi connectivity index (χ0) is 11.5. The van der Waals surface area contributed by atoms with E-state index >= 15 is 0 Å². The van der Waals surface area contributed by atoms with Gasteiger partial charge in [-0.2, -0.15) is 0 Å². The zero-order valence-electron chi connectivity index (χ0n) is 9.76. The molecule has 86 valence electrons. The largest absolute Gasteiger partial charge is 0.361 e. The maximum absolute atomic E-state index is 3.34. The SMILES string of the molecule is CN(C)CCCc1c[nH]c2ccc(I)cc12. The van der Waals surface area contributed by atoms with E-state index in [0.717, 1.165) is 13.0 Å². The Hall–Kier alpha value is -0.550. The molecular formula is C13H17IN2. The Morgan fingerprint density at radius 1 is 1.31 bits per heavy atom. The molecule has 1 N–H and O–H groups in total. The molecule has 0 spiro atoms. The molecule has 0 unspecified atom stereocenters. The summed E-state index contributed by atoms with van der Waals surface area (Å²) in [4.78, 5) is 5.57. The fraction of sp³-hybridized carbons (Fsp3) is 0.385. The van der Waals surface area contributed by atoms with Gasteiger partial charge in [0.05, 0.1) is 0 Å². The van der Waals surface area contributed by atoms with Gasteiger partial charge in [-0.3, -0.25) is 0 Å². The van der Waals surface area contributed by atoms with Gasteiger partial charge in [0, 0.05) is 20.7 Å². The van der Waals surface area contributed by atoms with Crippen molar-refractivity contribution in [1.82, 2.24) is 9.88 Å². The highest BCUT2D eigenvalue weighted by Gasteiger charge is 2.03. The third-order valence-electron chi connectivity index (χ3n) is 2.78. The monoisotopic (exact) mass is 328 g/mol. The van der Waals surface area contributed by atoms with Gasteiger partial charge >= 0.3 is 0 Å². The Kier molecular flexibility index (Phi) is 3.86. The second kappa shape index (κ2) is 5.19. The summed E-state index contributed by atoms with van der Waals surface area (Å²) in [5, 5.41) is 1.38. The minimum absolute atomic E-state index is 1.15. The summed E-state index contributed by atoms with van der Waals surface area (Å²) in [5.41, 5.74) is 2.69. The number of aryl methyl sites for hydroxylation is 1. The van der Waals surface area contributed by atoms with Crippen LogP contribution in [0, 0.1) is 3.57 Å². The van der Waals surface area contributed by atoms with Crippen LogP contribution in [0.25, 0.3) is 10.9 Å². The van der Waals surface area contributed by atoms with Crippen molar-refractivity contribution in [3.63, 3.8) is 0 Å². The van der Waals surface area contributed by atoms with Gasteiger partial charge in [-0.25, -0.2) is 0 Å². The lowest BCUT2D eigenvalue weighted by atomic mass is 10.1. The van der Waals surface area contributed by atoms with E-state index in [1.807, 2.05) is 0 Å². The van der Waals surface area contributed by atoms with Crippen molar-refractivity contribution in [2.24, 2.45) is 0 Å². The highest BCUT2D eigenvalue weighted by Crippen LogP contribution is 2.21. The van der Waals surface area contributed by atoms with Gasteiger partial charge in [0.15, 0.2) is 0 Å². The maximum atomic E-state index is 3.34. The molecule has 0 aliphatic heterocycles. The lowest BCUT2D eigenvalue weighted by Gasteiger charge is -2.08. The number of halogens is 1. The average molecular weight is 328 g/mol. The molecule has 1 heterocycles. The number of nitrogens with one attached hydrogen (secondary N) is 1. The van der Waals surface area contributed by atoms with Crippen LogP contribution < -0.4 is 0 Å². The first kappa shape index (κ1) is 11.9. The molecule has 0 aliphatic rings. The average Bonchev–Trinajstić information content (AvgIpc) is 2.60. The van der Waals surface area contributed by atoms with Crippen LogP contribution in [0.4, 0.5) is 0 Å². The normalized spacial score (nSPS) is 11.5. The highest BCUT2D eigenvalue weighted by atomic mass is 127. The number of H-pyrrole nitrogens is 1. The summed E-state index contributed by atoms with van der Waals surface area (Å²) in [6.45, 7) is 1.15. The van der Waals surface area contributed by atoms with Crippen LogP contribution in [0.3, 0.4) is 0 Å². The minimum Gasteiger partial charge on any atom is -0.361 e. The predicted octanol–water partition coefficient (Wildman–Crippen LogP) is 3.27. The summed E-state index contributed by atoms with van der Waals surface area (Å²) in [7, 11) is 4.25. The molecule has 0 bridgehead atoms. The lowest BCUT2D eigenvalue weighted by Crippen LogP contribution is -2.13. The molecule has 0 fully saturated rings. The van der Waals surface area contributed by atoms with E-state index in [2.05, 4.69) is 71.0 Å². The van der Waals surface area contributed by atoms with Crippen molar-refractivity contribution < 1.29 is 0 Å². The van der Waals surface area contributed by atoms with E-state index in [4.69, 9.17) is 0 Å². The fourth-order valence-electron chi connectivity index (χ4n) is 1.94. The maximum Gasteiger partial charge on any atom is 0.0457 e. The van der Waals surface area contributed by atoms with Crippen LogP contribution in [-0.2, 0) is 6.42 Å². The second-order valence-electron chi connectivity index (χ2n) is 4.41. The summed E-state index contributed by atoms with van der Waals surface area (Å²) >= 11 is 2.37. The molecule has 2 rings (SSSR count). The first-order valence-electron chi connectivity index (χ1n) is 5.57. The molecule has 2 aromatic rings. The first-order valence-corrected chi connectivity index (χ1v) is 6.65. The van der Waals surface area contributed by atoms with Crippen molar-refractivity contribution >= 4 is 33.5 Å². The Morgan fingerprint density at radius 2 is 2.12 bits per heavy atom. The molecule has 16 heavy (non-hydrogen) atoms. The quantitative estimate of drug-likeness (QED) is 0.854. The first-order chi connectivity index (χ1) is 7.66. The number of hydrogen-bond acceptors (Lipinski definition) is 1. The van der Waals surface area contributed by atoms with E-state index in [9.17, 15) is 0 Å². The molecule has 0 saturated carbocycles. The number of benzene rings is 1. The lowest BCUT2D eigenvalue weighted by molar-refractivity contribution is 0.400. The molecule has 2 nitrogen and oxygen atoms in total. The molecule has 0 saturated heterocycles. The fourth-order valence-corrected chi connectivity index (χ4v) is 2.43. The standard InChI is InChI=1S/C13H17IN2/c1-16(2)7-3-4-10-9-15-13-6-5-11(14)8-12(10)13/h5-6,8-9,15H,3-4,7H2,1-2H3. The zero-order valence-corrected chi connectivity index (χ0v) is 11.9. The van der Waals surface area contributed by atoms with Gasteiger partial charge in [0.2, 0.25) is 0 Å². The van der Waals surface area contributed by atoms with Crippen LogP contribution in [0.2, 0.25) is 0 Å². The van der Waals surface area contributed by atoms with Gasteiger partial charge in [-0.15, -0.1) is 0 Å². The van der Waals surface area contributed by atoms with Crippen LogP contribution in [-0.4, -0.2) is 30.5 Å². The summed E-state index contributed by atoms with van der Waals surface area (Å²) in [6, 6.07) is 6.56. The number of fused-ring (bicyclic) bond motifs is 1. The second-order valence-corrected chi connectivity index (χ2v) is 5.66. The molecule has 1 aromatic heterocycles. The number of nitrogens with zero attached hydrogens (tertiary/aromatic N) is 1. The smallest absolute Gasteiger partial charge is 0.0457 e. The third-order valence-corrected chi connectivity index (χ3v) is 3.45. The number of aromatic amines is 1. The van der Waals surface area contributed by atoms with Gasteiger partial charge < -0.3 is 9.88 Å². The molecule has 0 atom stereocenters. The van der Waals surface area contributed by atoms with Gasteiger partial charge in [0.1, 0.15) is 0 Å². The summed E-state index contributed by atoms with van der Waals surface area (Å²) in [6.07, 6.45) is 4.51. The van der Waals surface area contributed by atoms with Crippen molar-refractivity contribution in [3.8, 4) is 0 Å². The Labute approximate surface area is 110 Å². The van der Waals surface area contributed by atoms with Crippen molar-refractivity contribution in [2.45, 2.75) is 12.8 Å². The molecule has 0 amide bonds. The van der Waals surface area contributed by atoms with Crippen LogP contribution in [0.5, 0.6) is 0 Å². The van der Waals surface area contributed by atoms with Crippen molar-refractivity contribution in [3.05, 3.63) is 33.5 Å². The molecule has 0 radical (unpaired) electrons. The van der Waals surface area contributed by atoms with Crippen LogP contribution in [0.1, 0.15) is 12.0 Å². The summed E-state index contributed by atoms with van der Waals surface area (Å²) in [5.74, 6) is 0. The van der Waals surface area contributed by atoms with Gasteiger partial charge in [-0.05, 0) is 79.8 Å². The van der Waals surface area contributed by atoms with Gasteiger partial charge in [0.25, 0.3) is 0 Å². The predicted molar refractivity (Wildman–Crippen MR) is 77.9 cm³/mol. The highest BCUT2D eigenvalue weighted by molar-refractivity contribution is 14.1. The number of rotatable bonds is 4. The van der Waals surface area contributed by atoms with E-state index in [-0.39, 0.29) is 0 Å². The topological polar surface area (TPSA) is 19.0 Å².